The largest absolute Gasteiger partial charge is 0.495 e. The number of rotatable bonds is 5. The topological polar surface area (TPSA) is 66.0 Å². The summed E-state index contributed by atoms with van der Waals surface area (Å²) in [5.74, 6) is 1.10. The molecule has 0 N–H and O–H groups in total. The van der Waals surface area contributed by atoms with Crippen molar-refractivity contribution >= 4 is 34.0 Å². The van der Waals surface area contributed by atoms with Gasteiger partial charge in [-0.25, -0.2) is 4.98 Å². The van der Waals surface area contributed by atoms with Crippen molar-refractivity contribution in [1.82, 2.24) is 9.88 Å². The first-order chi connectivity index (χ1) is 14.5. The van der Waals surface area contributed by atoms with E-state index in [0.717, 1.165) is 36.6 Å². The lowest BCUT2D eigenvalue weighted by Gasteiger charge is -2.36. The number of hydrogen-bond acceptors (Lipinski definition) is 6. The molecule has 8 heteroatoms. The Morgan fingerprint density at radius 1 is 1.13 bits per heavy atom. The SMILES string of the molecule is COc1ccccc1N1CCN(C(=O)c2sc(N3CCCC3=O)nc2C(C)C)CC1. The average molecular weight is 429 g/mol. The summed E-state index contributed by atoms with van der Waals surface area (Å²) in [6.45, 7) is 7.56. The normalized spacial score (nSPS) is 17.2. The fraction of sp³-hybridized carbons (Fsp3) is 0.500. The van der Waals surface area contributed by atoms with Gasteiger partial charge in [0, 0.05) is 39.1 Å². The molecule has 0 saturated carbocycles. The number of methoxy groups -OCH3 is 1. The smallest absolute Gasteiger partial charge is 0.266 e. The van der Waals surface area contributed by atoms with E-state index in [2.05, 4.69) is 11.0 Å². The summed E-state index contributed by atoms with van der Waals surface area (Å²) < 4.78 is 5.48. The van der Waals surface area contributed by atoms with Crippen molar-refractivity contribution < 1.29 is 14.3 Å². The Kier molecular flexibility index (Phi) is 5.94. The fourth-order valence-corrected chi connectivity index (χ4v) is 5.25. The van der Waals surface area contributed by atoms with E-state index in [4.69, 9.17) is 9.72 Å². The van der Waals surface area contributed by atoms with Crippen LogP contribution in [0.5, 0.6) is 5.75 Å². The average Bonchev–Trinajstić information content (AvgIpc) is 3.39. The van der Waals surface area contributed by atoms with Crippen LogP contribution in [0.3, 0.4) is 0 Å². The number of nitrogens with zero attached hydrogens (tertiary/aromatic N) is 4. The van der Waals surface area contributed by atoms with Crippen molar-refractivity contribution in [3.8, 4) is 5.75 Å². The van der Waals surface area contributed by atoms with Gasteiger partial charge in [0.05, 0.1) is 18.5 Å². The molecule has 7 nitrogen and oxygen atoms in total. The summed E-state index contributed by atoms with van der Waals surface area (Å²) in [4.78, 5) is 36.7. The van der Waals surface area contributed by atoms with E-state index < -0.39 is 0 Å². The first-order valence-electron chi connectivity index (χ1n) is 10.5. The second kappa shape index (κ2) is 8.63. The first kappa shape index (κ1) is 20.7. The highest BCUT2D eigenvalue weighted by Gasteiger charge is 2.31. The maximum atomic E-state index is 13.4. The minimum absolute atomic E-state index is 0.0220. The fourth-order valence-electron chi connectivity index (χ4n) is 4.02. The van der Waals surface area contributed by atoms with Crippen LogP contribution in [-0.2, 0) is 4.79 Å². The maximum Gasteiger partial charge on any atom is 0.266 e. The maximum absolute atomic E-state index is 13.4. The summed E-state index contributed by atoms with van der Waals surface area (Å²) in [6.07, 6.45) is 1.41. The standard InChI is InChI=1S/C22H28N4O3S/c1-15(2)19-20(30-22(23-19)26-10-6-9-18(26)27)21(28)25-13-11-24(12-14-25)16-7-4-5-8-17(16)29-3/h4-5,7-8,15H,6,9-14H2,1-3H3. The van der Waals surface area contributed by atoms with Crippen LogP contribution in [0, 0.1) is 0 Å². The monoisotopic (exact) mass is 428 g/mol. The molecule has 3 heterocycles. The third-order valence-electron chi connectivity index (χ3n) is 5.68. The molecule has 160 valence electrons. The lowest BCUT2D eigenvalue weighted by atomic mass is 10.1. The first-order valence-corrected chi connectivity index (χ1v) is 11.3. The molecule has 0 spiro atoms. The Bertz CT molecular complexity index is 934. The molecule has 0 bridgehead atoms. The van der Waals surface area contributed by atoms with Crippen LogP contribution in [0.25, 0.3) is 0 Å². The molecule has 2 amide bonds. The zero-order valence-corrected chi connectivity index (χ0v) is 18.6. The molecule has 1 aromatic carbocycles. The number of para-hydroxylation sites is 2. The Morgan fingerprint density at radius 2 is 1.87 bits per heavy atom. The van der Waals surface area contributed by atoms with Gasteiger partial charge in [-0.15, -0.1) is 0 Å². The predicted molar refractivity (Wildman–Crippen MR) is 119 cm³/mol. The Balaban J connectivity index is 1.50. The number of carbonyl (C=O) groups is 2. The summed E-state index contributed by atoms with van der Waals surface area (Å²) in [5, 5.41) is 0.664. The predicted octanol–water partition coefficient (Wildman–Crippen LogP) is 3.36. The van der Waals surface area contributed by atoms with E-state index in [1.54, 1.807) is 12.0 Å². The highest BCUT2D eigenvalue weighted by Crippen LogP contribution is 2.34. The highest BCUT2D eigenvalue weighted by molar-refractivity contribution is 7.17. The Labute approximate surface area is 181 Å². The Morgan fingerprint density at radius 3 is 2.50 bits per heavy atom. The van der Waals surface area contributed by atoms with E-state index in [1.807, 2.05) is 36.9 Å². The number of aromatic nitrogens is 1. The number of carbonyl (C=O) groups excluding carboxylic acids is 2. The van der Waals surface area contributed by atoms with E-state index in [1.165, 1.54) is 11.3 Å². The van der Waals surface area contributed by atoms with Crippen molar-refractivity contribution in [2.45, 2.75) is 32.6 Å². The lowest BCUT2D eigenvalue weighted by Crippen LogP contribution is -2.48. The van der Waals surface area contributed by atoms with Crippen molar-refractivity contribution in [1.29, 1.82) is 0 Å². The van der Waals surface area contributed by atoms with E-state index >= 15 is 0 Å². The molecule has 4 rings (SSSR count). The molecule has 2 aromatic rings. The molecular formula is C22H28N4O3S. The number of benzene rings is 1. The lowest BCUT2D eigenvalue weighted by molar-refractivity contribution is -0.117. The van der Waals surface area contributed by atoms with Gasteiger partial charge >= 0.3 is 0 Å². The molecule has 2 aliphatic heterocycles. The van der Waals surface area contributed by atoms with Crippen molar-refractivity contribution in [3.63, 3.8) is 0 Å². The van der Waals surface area contributed by atoms with Crippen molar-refractivity contribution in [2.24, 2.45) is 0 Å². The molecule has 1 aromatic heterocycles. The molecular weight excluding hydrogens is 400 g/mol. The number of piperazine rings is 1. The molecule has 2 fully saturated rings. The van der Waals surface area contributed by atoms with Gasteiger partial charge < -0.3 is 14.5 Å². The molecule has 2 saturated heterocycles. The summed E-state index contributed by atoms with van der Waals surface area (Å²) in [7, 11) is 1.68. The van der Waals surface area contributed by atoms with Crippen molar-refractivity contribution in [3.05, 3.63) is 34.8 Å². The van der Waals surface area contributed by atoms with Crippen LogP contribution in [-0.4, -0.2) is 61.5 Å². The Hall–Kier alpha value is -2.61. The van der Waals surface area contributed by atoms with Crippen LogP contribution in [0.2, 0.25) is 0 Å². The summed E-state index contributed by atoms with van der Waals surface area (Å²) in [5.41, 5.74) is 1.86. The van der Waals surface area contributed by atoms with Gasteiger partial charge in [0.15, 0.2) is 5.13 Å². The highest BCUT2D eigenvalue weighted by atomic mass is 32.1. The van der Waals surface area contributed by atoms with Gasteiger partial charge in [0.1, 0.15) is 10.6 Å². The third kappa shape index (κ3) is 3.88. The number of amides is 2. The number of thiazole rings is 1. The molecule has 0 unspecified atom stereocenters. The van der Waals surface area contributed by atoms with Crippen LogP contribution >= 0.6 is 11.3 Å². The zero-order chi connectivity index (χ0) is 21.3. The zero-order valence-electron chi connectivity index (χ0n) is 17.8. The van der Waals surface area contributed by atoms with Gasteiger partial charge in [0.2, 0.25) is 5.91 Å². The van der Waals surface area contributed by atoms with Gasteiger partial charge in [-0.2, -0.15) is 0 Å². The van der Waals surface area contributed by atoms with Gasteiger partial charge in [0.25, 0.3) is 5.91 Å². The van der Waals surface area contributed by atoms with E-state index in [-0.39, 0.29) is 17.7 Å². The number of anilines is 2. The van der Waals surface area contributed by atoms with Crippen LogP contribution in [0.4, 0.5) is 10.8 Å². The van der Waals surface area contributed by atoms with Crippen LogP contribution in [0.15, 0.2) is 24.3 Å². The third-order valence-corrected chi connectivity index (χ3v) is 6.76. The summed E-state index contributed by atoms with van der Waals surface area (Å²) in [6, 6.07) is 7.97. The van der Waals surface area contributed by atoms with Gasteiger partial charge in [-0.3, -0.25) is 14.5 Å². The molecule has 0 aliphatic carbocycles. The quantitative estimate of drug-likeness (QED) is 0.731. The number of ether oxygens (including phenoxy) is 1. The van der Waals surface area contributed by atoms with Gasteiger partial charge in [-0.05, 0) is 24.5 Å². The minimum atomic E-state index is 0.0220. The minimum Gasteiger partial charge on any atom is -0.495 e. The van der Waals surface area contributed by atoms with Crippen LogP contribution < -0.4 is 14.5 Å². The second-order valence-corrected chi connectivity index (χ2v) is 8.94. The molecule has 0 radical (unpaired) electrons. The number of hydrogen-bond donors (Lipinski definition) is 0. The van der Waals surface area contributed by atoms with Gasteiger partial charge in [-0.1, -0.05) is 37.3 Å². The van der Waals surface area contributed by atoms with E-state index in [9.17, 15) is 9.59 Å². The molecule has 30 heavy (non-hydrogen) atoms. The van der Waals surface area contributed by atoms with Crippen molar-refractivity contribution in [2.75, 3.05) is 49.6 Å². The second-order valence-electron chi connectivity index (χ2n) is 7.97. The molecule has 0 atom stereocenters. The van der Waals surface area contributed by atoms with E-state index in [0.29, 0.717) is 36.1 Å². The molecule has 2 aliphatic rings. The summed E-state index contributed by atoms with van der Waals surface area (Å²) >= 11 is 1.36. The van der Waals surface area contributed by atoms with Crippen LogP contribution in [0.1, 0.15) is 48.0 Å².